The number of nitrogens with one attached hydrogen (secondary N) is 1. The summed E-state index contributed by atoms with van der Waals surface area (Å²) in [5.41, 5.74) is 0. The summed E-state index contributed by atoms with van der Waals surface area (Å²) in [4.78, 5) is 0. The quantitative estimate of drug-likeness (QED) is 0.544. The average Bonchev–Trinajstić information content (AvgIpc) is 2.74. The van der Waals surface area contributed by atoms with Gasteiger partial charge in [-0.15, -0.1) is 10.2 Å². The van der Waals surface area contributed by atoms with E-state index in [1.807, 2.05) is 11.6 Å². The van der Waals surface area contributed by atoms with Crippen molar-refractivity contribution >= 4 is 11.8 Å². The van der Waals surface area contributed by atoms with Gasteiger partial charge in [-0.25, -0.2) is 0 Å². The van der Waals surface area contributed by atoms with Crippen LogP contribution in [0, 0.1) is 0 Å². The van der Waals surface area contributed by atoms with Gasteiger partial charge in [0.25, 0.3) is 0 Å². The number of thioether (sulfide) groups is 1. The summed E-state index contributed by atoms with van der Waals surface area (Å²) in [6.07, 6.45) is 6.66. The Bertz CT molecular complexity index is 300. The molecule has 1 aromatic heterocycles. The van der Waals surface area contributed by atoms with Crippen molar-refractivity contribution in [1.29, 1.82) is 0 Å². The molecule has 1 atom stereocenters. The Labute approximate surface area is 109 Å². The number of hydrogen-bond donors (Lipinski definition) is 1. The highest BCUT2D eigenvalue weighted by Gasteiger charge is 2.05. The van der Waals surface area contributed by atoms with Gasteiger partial charge in [-0.2, -0.15) is 0 Å². The lowest BCUT2D eigenvalue weighted by molar-refractivity contribution is 0.465. The number of aryl methyl sites for hydroxylation is 1. The Kier molecular flexibility index (Phi) is 7.28. The van der Waals surface area contributed by atoms with E-state index < -0.39 is 0 Å². The maximum Gasteiger partial charge on any atom is 0.190 e. The standard InChI is InChI=1S/C12H24N4S/c1-4-8-13-11(5-2)7-6-9-17-12-15-14-10-16(12)3/h10-11,13H,4-9H2,1-3H3. The van der Waals surface area contributed by atoms with E-state index in [1.165, 1.54) is 25.7 Å². The minimum atomic E-state index is 0.676. The highest BCUT2D eigenvalue weighted by molar-refractivity contribution is 7.99. The van der Waals surface area contributed by atoms with Gasteiger partial charge in [0.2, 0.25) is 0 Å². The topological polar surface area (TPSA) is 42.7 Å². The minimum absolute atomic E-state index is 0.676. The molecule has 0 aliphatic carbocycles. The van der Waals surface area contributed by atoms with Crippen LogP contribution >= 0.6 is 11.8 Å². The zero-order valence-corrected chi connectivity index (χ0v) is 12.0. The van der Waals surface area contributed by atoms with Gasteiger partial charge in [-0.05, 0) is 32.2 Å². The summed E-state index contributed by atoms with van der Waals surface area (Å²) >= 11 is 1.79. The monoisotopic (exact) mass is 256 g/mol. The third kappa shape index (κ3) is 5.55. The summed E-state index contributed by atoms with van der Waals surface area (Å²) in [5.74, 6) is 1.12. The van der Waals surface area contributed by atoms with Gasteiger partial charge < -0.3 is 9.88 Å². The van der Waals surface area contributed by atoms with Crippen molar-refractivity contribution in [3.05, 3.63) is 6.33 Å². The van der Waals surface area contributed by atoms with Crippen molar-refractivity contribution in [1.82, 2.24) is 20.1 Å². The minimum Gasteiger partial charge on any atom is -0.314 e. The van der Waals surface area contributed by atoms with E-state index in [-0.39, 0.29) is 0 Å². The molecule has 0 amide bonds. The van der Waals surface area contributed by atoms with E-state index in [1.54, 1.807) is 18.1 Å². The molecule has 1 N–H and O–H groups in total. The first-order valence-electron chi connectivity index (χ1n) is 6.48. The third-order valence-corrected chi connectivity index (χ3v) is 3.89. The first-order valence-corrected chi connectivity index (χ1v) is 7.46. The molecule has 0 fully saturated rings. The normalized spacial score (nSPS) is 12.9. The molecule has 0 aliphatic heterocycles. The molecular formula is C12H24N4S. The highest BCUT2D eigenvalue weighted by atomic mass is 32.2. The van der Waals surface area contributed by atoms with Gasteiger partial charge in [0.05, 0.1) is 0 Å². The Morgan fingerprint density at radius 1 is 1.47 bits per heavy atom. The molecule has 0 aromatic carbocycles. The molecule has 1 heterocycles. The molecule has 5 heteroatoms. The lowest BCUT2D eigenvalue weighted by atomic mass is 10.1. The Hall–Kier alpha value is -0.550. The fourth-order valence-electron chi connectivity index (χ4n) is 1.70. The molecule has 98 valence electrons. The second kappa shape index (κ2) is 8.53. The molecule has 0 radical (unpaired) electrons. The Balaban J connectivity index is 2.12. The van der Waals surface area contributed by atoms with Gasteiger partial charge in [0, 0.05) is 18.8 Å². The van der Waals surface area contributed by atoms with Crippen LogP contribution in [0.15, 0.2) is 11.5 Å². The van der Waals surface area contributed by atoms with Crippen molar-refractivity contribution in [2.75, 3.05) is 12.3 Å². The number of rotatable bonds is 9. The molecule has 1 aromatic rings. The third-order valence-electron chi connectivity index (χ3n) is 2.77. The first-order chi connectivity index (χ1) is 8.27. The van der Waals surface area contributed by atoms with Crippen molar-refractivity contribution < 1.29 is 0 Å². The molecular weight excluding hydrogens is 232 g/mol. The number of hydrogen-bond acceptors (Lipinski definition) is 4. The maximum absolute atomic E-state index is 4.06. The van der Waals surface area contributed by atoms with Crippen molar-refractivity contribution in [3.8, 4) is 0 Å². The zero-order chi connectivity index (χ0) is 12.5. The fraction of sp³-hybridized carbons (Fsp3) is 0.833. The molecule has 0 bridgehead atoms. The second-order valence-corrected chi connectivity index (χ2v) is 5.34. The van der Waals surface area contributed by atoms with E-state index >= 15 is 0 Å². The van der Waals surface area contributed by atoms with Crippen LogP contribution in [-0.2, 0) is 7.05 Å². The SMILES string of the molecule is CCCNC(CC)CCCSc1nncn1C. The molecule has 1 rings (SSSR count). The van der Waals surface area contributed by atoms with Crippen LogP contribution < -0.4 is 5.32 Å². The van der Waals surface area contributed by atoms with Crippen LogP contribution in [0.25, 0.3) is 0 Å². The molecule has 0 saturated carbocycles. The van der Waals surface area contributed by atoms with Gasteiger partial charge in [-0.3, -0.25) is 0 Å². The van der Waals surface area contributed by atoms with Crippen LogP contribution in [0.5, 0.6) is 0 Å². The zero-order valence-electron chi connectivity index (χ0n) is 11.1. The highest BCUT2D eigenvalue weighted by Crippen LogP contribution is 2.16. The lowest BCUT2D eigenvalue weighted by Crippen LogP contribution is -2.29. The van der Waals surface area contributed by atoms with Gasteiger partial charge in [0.15, 0.2) is 5.16 Å². The molecule has 17 heavy (non-hydrogen) atoms. The predicted octanol–water partition coefficient (Wildman–Crippen LogP) is 2.47. The number of aromatic nitrogens is 3. The van der Waals surface area contributed by atoms with Crippen molar-refractivity contribution in [2.45, 2.75) is 50.7 Å². The molecule has 0 aliphatic rings. The van der Waals surface area contributed by atoms with Crippen LogP contribution in [0.4, 0.5) is 0 Å². The smallest absolute Gasteiger partial charge is 0.190 e. The van der Waals surface area contributed by atoms with E-state index in [0.29, 0.717) is 6.04 Å². The summed E-state index contributed by atoms with van der Waals surface area (Å²) in [7, 11) is 1.99. The lowest BCUT2D eigenvalue weighted by Gasteiger charge is -2.15. The maximum atomic E-state index is 4.06. The second-order valence-electron chi connectivity index (χ2n) is 4.27. The first kappa shape index (κ1) is 14.5. The molecule has 1 unspecified atom stereocenters. The predicted molar refractivity (Wildman–Crippen MR) is 73.3 cm³/mol. The van der Waals surface area contributed by atoms with Crippen molar-refractivity contribution in [2.24, 2.45) is 7.05 Å². The fourth-order valence-corrected chi connectivity index (χ4v) is 2.54. The van der Waals surface area contributed by atoms with E-state index in [2.05, 4.69) is 29.4 Å². The van der Waals surface area contributed by atoms with Gasteiger partial charge in [-0.1, -0.05) is 25.6 Å². The summed E-state index contributed by atoms with van der Waals surface area (Å²) in [6, 6.07) is 0.676. The van der Waals surface area contributed by atoms with Crippen LogP contribution in [-0.4, -0.2) is 33.1 Å². The molecule has 4 nitrogen and oxygen atoms in total. The number of nitrogens with zero attached hydrogens (tertiary/aromatic N) is 3. The Morgan fingerprint density at radius 3 is 2.88 bits per heavy atom. The molecule has 0 spiro atoms. The van der Waals surface area contributed by atoms with Crippen LogP contribution in [0.2, 0.25) is 0 Å². The summed E-state index contributed by atoms with van der Waals surface area (Å²) in [5, 5.41) is 12.5. The van der Waals surface area contributed by atoms with Gasteiger partial charge in [0.1, 0.15) is 6.33 Å². The van der Waals surface area contributed by atoms with Crippen molar-refractivity contribution in [3.63, 3.8) is 0 Å². The van der Waals surface area contributed by atoms with Gasteiger partial charge >= 0.3 is 0 Å². The van der Waals surface area contributed by atoms with E-state index in [0.717, 1.165) is 17.5 Å². The van der Waals surface area contributed by atoms with Crippen LogP contribution in [0.1, 0.15) is 39.5 Å². The average molecular weight is 256 g/mol. The van der Waals surface area contributed by atoms with E-state index in [9.17, 15) is 0 Å². The largest absolute Gasteiger partial charge is 0.314 e. The van der Waals surface area contributed by atoms with Crippen LogP contribution in [0.3, 0.4) is 0 Å². The Morgan fingerprint density at radius 2 is 2.29 bits per heavy atom. The summed E-state index contributed by atoms with van der Waals surface area (Å²) in [6.45, 7) is 5.60. The molecule has 0 saturated heterocycles. The van der Waals surface area contributed by atoms with E-state index in [4.69, 9.17) is 0 Å². The summed E-state index contributed by atoms with van der Waals surface area (Å²) < 4.78 is 1.97.